The Labute approximate surface area is 150 Å². The number of rotatable bonds is 2. The molecule has 1 amide bonds. The summed E-state index contributed by atoms with van der Waals surface area (Å²) in [5.74, 6) is 0.0801. The van der Waals surface area contributed by atoms with Crippen molar-refractivity contribution in [2.45, 2.75) is 46.6 Å². The number of carbonyl (C=O) groups is 1. The van der Waals surface area contributed by atoms with Gasteiger partial charge in [0.05, 0.1) is 5.56 Å². The minimum Gasteiger partial charge on any atom is -0.398 e. The van der Waals surface area contributed by atoms with Crippen molar-refractivity contribution < 1.29 is 4.79 Å². The van der Waals surface area contributed by atoms with Crippen LogP contribution < -0.4 is 10.6 Å². The smallest absolute Gasteiger partial charge is 0.260 e. The van der Waals surface area contributed by atoms with E-state index in [0.717, 1.165) is 53.3 Å². The van der Waals surface area contributed by atoms with Gasteiger partial charge in [-0.1, -0.05) is 6.07 Å². The Kier molecular flexibility index (Phi) is 5.29. The molecule has 0 saturated carbocycles. The van der Waals surface area contributed by atoms with E-state index >= 15 is 0 Å². The van der Waals surface area contributed by atoms with Gasteiger partial charge in [0.25, 0.3) is 5.91 Å². The standard InChI is InChI=1S/C19H25N3O.ClH/c1-12(2)22-13(3)11-16(14(22)4)19(23)21-10-6-7-15-17(20)8-5-9-18(15)21;/h5,8-9,11-12H,6-7,10,20H2,1-4H3;1H. The third-order valence-corrected chi connectivity index (χ3v) is 4.76. The van der Waals surface area contributed by atoms with Crippen LogP contribution in [0.4, 0.5) is 11.4 Å². The molecule has 3 rings (SSSR count). The SMILES string of the molecule is Cc1cc(C(=O)N2CCCc3c(N)cccc32)c(C)n1C(C)C.Cl. The van der Waals surface area contributed by atoms with Gasteiger partial charge >= 0.3 is 0 Å². The molecule has 2 aromatic rings. The quantitative estimate of drug-likeness (QED) is 0.824. The van der Waals surface area contributed by atoms with E-state index in [1.54, 1.807) is 0 Å². The first-order valence-corrected chi connectivity index (χ1v) is 8.29. The number of fused-ring (bicyclic) bond motifs is 1. The Balaban J connectivity index is 0.00000208. The van der Waals surface area contributed by atoms with Gasteiger partial charge in [-0.25, -0.2) is 0 Å². The number of hydrogen-bond donors (Lipinski definition) is 1. The number of nitrogens with zero attached hydrogens (tertiary/aromatic N) is 2. The molecule has 1 aliphatic rings. The lowest BCUT2D eigenvalue weighted by molar-refractivity contribution is 0.0984. The summed E-state index contributed by atoms with van der Waals surface area (Å²) in [6.45, 7) is 9.13. The molecular weight excluding hydrogens is 322 g/mol. The molecule has 0 radical (unpaired) electrons. The summed E-state index contributed by atoms with van der Waals surface area (Å²) in [4.78, 5) is 15.0. The van der Waals surface area contributed by atoms with Gasteiger partial charge in [0, 0.05) is 35.3 Å². The van der Waals surface area contributed by atoms with E-state index in [-0.39, 0.29) is 18.3 Å². The number of nitrogen functional groups attached to an aromatic ring is 1. The Hall–Kier alpha value is -1.94. The normalized spacial score (nSPS) is 13.6. The van der Waals surface area contributed by atoms with E-state index in [1.165, 1.54) is 0 Å². The largest absolute Gasteiger partial charge is 0.398 e. The van der Waals surface area contributed by atoms with E-state index in [0.29, 0.717) is 6.04 Å². The highest BCUT2D eigenvalue weighted by Gasteiger charge is 2.27. The highest BCUT2D eigenvalue weighted by Crippen LogP contribution is 2.33. The molecule has 0 unspecified atom stereocenters. The molecule has 1 aliphatic heterocycles. The average Bonchev–Trinajstić information content (AvgIpc) is 2.81. The van der Waals surface area contributed by atoms with Crippen LogP contribution in [-0.2, 0) is 6.42 Å². The fourth-order valence-electron chi connectivity index (χ4n) is 3.80. The Morgan fingerprint density at radius 3 is 2.58 bits per heavy atom. The van der Waals surface area contributed by atoms with Gasteiger partial charge in [-0.05, 0) is 64.3 Å². The average molecular weight is 348 g/mol. The lowest BCUT2D eigenvalue weighted by atomic mass is 9.99. The Bertz CT molecular complexity index is 764. The first-order chi connectivity index (χ1) is 10.9. The molecule has 24 heavy (non-hydrogen) atoms. The summed E-state index contributed by atoms with van der Waals surface area (Å²) in [5.41, 5.74) is 11.9. The zero-order valence-electron chi connectivity index (χ0n) is 14.8. The Morgan fingerprint density at radius 2 is 1.96 bits per heavy atom. The first kappa shape index (κ1) is 18.4. The summed E-state index contributed by atoms with van der Waals surface area (Å²) < 4.78 is 2.22. The fourth-order valence-corrected chi connectivity index (χ4v) is 3.80. The predicted molar refractivity (Wildman–Crippen MR) is 102 cm³/mol. The van der Waals surface area contributed by atoms with Crippen molar-refractivity contribution in [2.24, 2.45) is 0 Å². The second-order valence-corrected chi connectivity index (χ2v) is 6.65. The minimum atomic E-state index is 0. The van der Waals surface area contributed by atoms with Crippen molar-refractivity contribution in [1.29, 1.82) is 0 Å². The summed E-state index contributed by atoms with van der Waals surface area (Å²) in [6.07, 6.45) is 1.90. The summed E-state index contributed by atoms with van der Waals surface area (Å²) in [5, 5.41) is 0. The second-order valence-electron chi connectivity index (χ2n) is 6.65. The second kappa shape index (κ2) is 6.89. The summed E-state index contributed by atoms with van der Waals surface area (Å²) >= 11 is 0. The number of aryl methyl sites for hydroxylation is 1. The molecule has 4 nitrogen and oxygen atoms in total. The molecule has 130 valence electrons. The number of hydrogen-bond acceptors (Lipinski definition) is 2. The molecule has 0 atom stereocenters. The third kappa shape index (κ3) is 2.91. The van der Waals surface area contributed by atoms with Crippen molar-refractivity contribution in [3.8, 4) is 0 Å². The number of amides is 1. The van der Waals surface area contributed by atoms with Crippen molar-refractivity contribution in [2.75, 3.05) is 17.2 Å². The van der Waals surface area contributed by atoms with E-state index in [9.17, 15) is 4.79 Å². The molecule has 0 bridgehead atoms. The maximum absolute atomic E-state index is 13.2. The van der Waals surface area contributed by atoms with Crippen LogP contribution in [0.15, 0.2) is 24.3 Å². The van der Waals surface area contributed by atoms with Crippen LogP contribution in [0.25, 0.3) is 0 Å². The van der Waals surface area contributed by atoms with Gasteiger partial charge in [-0.15, -0.1) is 12.4 Å². The number of aromatic nitrogens is 1. The van der Waals surface area contributed by atoms with Gasteiger partial charge < -0.3 is 15.2 Å². The highest BCUT2D eigenvalue weighted by molar-refractivity contribution is 6.08. The van der Waals surface area contributed by atoms with Crippen LogP contribution in [0.1, 0.15) is 53.6 Å². The molecule has 1 aromatic carbocycles. The zero-order valence-corrected chi connectivity index (χ0v) is 15.6. The number of nitrogens with two attached hydrogens (primary N) is 1. The van der Waals surface area contributed by atoms with E-state index in [2.05, 4.69) is 25.3 Å². The molecule has 5 heteroatoms. The molecule has 0 fully saturated rings. The lowest BCUT2D eigenvalue weighted by Gasteiger charge is -2.30. The van der Waals surface area contributed by atoms with Gasteiger partial charge in [-0.3, -0.25) is 4.79 Å². The van der Waals surface area contributed by atoms with Gasteiger partial charge in [0.2, 0.25) is 0 Å². The van der Waals surface area contributed by atoms with Crippen LogP contribution in [0, 0.1) is 13.8 Å². The van der Waals surface area contributed by atoms with Crippen LogP contribution in [0.5, 0.6) is 0 Å². The lowest BCUT2D eigenvalue weighted by Crippen LogP contribution is -2.36. The van der Waals surface area contributed by atoms with Crippen molar-refractivity contribution >= 4 is 29.7 Å². The van der Waals surface area contributed by atoms with E-state index in [1.807, 2.05) is 36.1 Å². The summed E-state index contributed by atoms with van der Waals surface area (Å²) in [6, 6.07) is 8.21. The molecule has 0 aliphatic carbocycles. The van der Waals surface area contributed by atoms with Crippen LogP contribution in [-0.4, -0.2) is 17.0 Å². The number of carbonyl (C=O) groups excluding carboxylic acids is 1. The van der Waals surface area contributed by atoms with Crippen LogP contribution >= 0.6 is 12.4 Å². The molecular formula is C19H26ClN3O. The molecule has 0 spiro atoms. The van der Waals surface area contributed by atoms with Gasteiger partial charge in [0.15, 0.2) is 0 Å². The monoisotopic (exact) mass is 347 g/mol. The van der Waals surface area contributed by atoms with Gasteiger partial charge in [-0.2, -0.15) is 0 Å². The van der Waals surface area contributed by atoms with E-state index < -0.39 is 0 Å². The maximum Gasteiger partial charge on any atom is 0.260 e. The Morgan fingerprint density at radius 1 is 1.25 bits per heavy atom. The van der Waals surface area contributed by atoms with Crippen LogP contribution in [0.2, 0.25) is 0 Å². The predicted octanol–water partition coefficient (Wildman–Crippen LogP) is 4.28. The third-order valence-electron chi connectivity index (χ3n) is 4.76. The van der Waals surface area contributed by atoms with Crippen LogP contribution in [0.3, 0.4) is 0 Å². The molecule has 1 aromatic heterocycles. The first-order valence-electron chi connectivity index (χ1n) is 8.29. The maximum atomic E-state index is 13.2. The number of anilines is 2. The minimum absolute atomic E-state index is 0. The molecule has 0 saturated heterocycles. The van der Waals surface area contributed by atoms with Crippen molar-refractivity contribution in [1.82, 2.24) is 4.57 Å². The highest BCUT2D eigenvalue weighted by atomic mass is 35.5. The topological polar surface area (TPSA) is 51.3 Å². The number of benzene rings is 1. The number of halogens is 1. The molecule has 2 heterocycles. The zero-order chi connectivity index (χ0) is 16.7. The molecule has 2 N–H and O–H groups in total. The van der Waals surface area contributed by atoms with E-state index in [4.69, 9.17) is 5.73 Å². The van der Waals surface area contributed by atoms with Crippen molar-refractivity contribution in [3.63, 3.8) is 0 Å². The fraction of sp³-hybridized carbons (Fsp3) is 0.421. The summed E-state index contributed by atoms with van der Waals surface area (Å²) in [7, 11) is 0. The van der Waals surface area contributed by atoms with Crippen molar-refractivity contribution in [3.05, 3.63) is 46.8 Å². The van der Waals surface area contributed by atoms with Gasteiger partial charge in [0.1, 0.15) is 0 Å².